The van der Waals surface area contributed by atoms with Crippen molar-refractivity contribution in [2.45, 2.75) is 13.3 Å². The molecule has 0 fully saturated rings. The molecule has 0 heterocycles. The predicted molar refractivity (Wildman–Crippen MR) is 97.9 cm³/mol. The molecule has 0 unspecified atom stereocenters. The van der Waals surface area contributed by atoms with Gasteiger partial charge >= 0.3 is 0 Å². The van der Waals surface area contributed by atoms with E-state index in [1.807, 2.05) is 19.1 Å². The van der Waals surface area contributed by atoms with Gasteiger partial charge in [-0.1, -0.05) is 67.6 Å². The molecule has 0 saturated heterocycles. The lowest BCUT2D eigenvalue weighted by Gasteiger charge is -2.14. The third-order valence-electron chi connectivity index (χ3n) is 4.36. The van der Waals surface area contributed by atoms with Crippen molar-refractivity contribution in [2.75, 3.05) is 5.32 Å². The summed E-state index contributed by atoms with van der Waals surface area (Å²) in [6, 6.07) is 23.0. The van der Waals surface area contributed by atoms with Gasteiger partial charge in [0, 0.05) is 17.5 Å². The van der Waals surface area contributed by atoms with Gasteiger partial charge < -0.3 is 5.32 Å². The molecule has 0 aliphatic rings. The smallest absolute Gasteiger partial charge is 0.224 e. The van der Waals surface area contributed by atoms with Crippen LogP contribution < -0.4 is 5.32 Å². The monoisotopic (exact) mass is 299 g/mol. The van der Waals surface area contributed by atoms with Gasteiger partial charge in [0.05, 0.1) is 0 Å². The quantitative estimate of drug-likeness (QED) is 0.487. The SMILES string of the molecule is CCC(=O)Nc1cccc2c3ccccc3c3ccccc3c12. The van der Waals surface area contributed by atoms with Crippen molar-refractivity contribution < 1.29 is 4.79 Å². The maximum Gasteiger partial charge on any atom is 0.224 e. The Kier molecular flexibility index (Phi) is 3.23. The van der Waals surface area contributed by atoms with Gasteiger partial charge in [0.15, 0.2) is 0 Å². The zero-order valence-electron chi connectivity index (χ0n) is 13.0. The molecule has 1 N–H and O–H groups in total. The van der Waals surface area contributed by atoms with Gasteiger partial charge in [-0.15, -0.1) is 0 Å². The van der Waals surface area contributed by atoms with Crippen LogP contribution in [0, 0.1) is 0 Å². The molecule has 4 aromatic carbocycles. The van der Waals surface area contributed by atoms with Crippen LogP contribution in [0.15, 0.2) is 66.7 Å². The highest BCUT2D eigenvalue weighted by molar-refractivity contribution is 6.28. The Bertz CT molecular complexity index is 1000. The second kappa shape index (κ2) is 5.40. The van der Waals surface area contributed by atoms with E-state index >= 15 is 0 Å². The van der Waals surface area contributed by atoms with Crippen LogP contribution in [0.1, 0.15) is 13.3 Å². The summed E-state index contributed by atoms with van der Waals surface area (Å²) in [7, 11) is 0. The first-order valence-corrected chi connectivity index (χ1v) is 7.91. The van der Waals surface area contributed by atoms with E-state index in [-0.39, 0.29) is 5.91 Å². The average Bonchev–Trinajstić information content (AvgIpc) is 2.62. The van der Waals surface area contributed by atoms with E-state index in [2.05, 4.69) is 59.9 Å². The van der Waals surface area contributed by atoms with E-state index in [9.17, 15) is 4.79 Å². The fourth-order valence-electron chi connectivity index (χ4n) is 3.30. The number of hydrogen-bond acceptors (Lipinski definition) is 1. The van der Waals surface area contributed by atoms with Crippen LogP contribution in [-0.2, 0) is 4.79 Å². The minimum atomic E-state index is 0.0368. The number of carbonyl (C=O) groups is 1. The predicted octanol–water partition coefficient (Wildman–Crippen LogP) is 5.49. The zero-order chi connectivity index (χ0) is 15.8. The van der Waals surface area contributed by atoms with Gasteiger partial charge in [-0.05, 0) is 33.0 Å². The van der Waals surface area contributed by atoms with Crippen molar-refractivity contribution in [1.82, 2.24) is 0 Å². The van der Waals surface area contributed by atoms with Crippen LogP contribution >= 0.6 is 0 Å². The topological polar surface area (TPSA) is 29.1 Å². The largest absolute Gasteiger partial charge is 0.326 e. The zero-order valence-corrected chi connectivity index (χ0v) is 13.0. The molecule has 4 rings (SSSR count). The molecule has 112 valence electrons. The molecular weight excluding hydrogens is 282 g/mol. The summed E-state index contributed by atoms with van der Waals surface area (Å²) in [6.45, 7) is 1.87. The molecule has 0 radical (unpaired) electrons. The normalized spacial score (nSPS) is 11.2. The highest BCUT2D eigenvalue weighted by Gasteiger charge is 2.12. The molecule has 0 aromatic heterocycles. The number of benzene rings is 4. The van der Waals surface area contributed by atoms with E-state index in [1.165, 1.54) is 26.9 Å². The summed E-state index contributed by atoms with van der Waals surface area (Å²) in [6.07, 6.45) is 0.474. The summed E-state index contributed by atoms with van der Waals surface area (Å²) in [5.41, 5.74) is 0.885. The van der Waals surface area contributed by atoms with Gasteiger partial charge in [0.2, 0.25) is 5.91 Å². The van der Waals surface area contributed by atoms with Crippen molar-refractivity contribution in [3.63, 3.8) is 0 Å². The van der Waals surface area contributed by atoms with Crippen molar-refractivity contribution in [3.8, 4) is 0 Å². The highest BCUT2D eigenvalue weighted by atomic mass is 16.1. The number of fused-ring (bicyclic) bond motifs is 6. The number of anilines is 1. The van der Waals surface area contributed by atoms with Gasteiger partial charge in [-0.25, -0.2) is 0 Å². The molecule has 23 heavy (non-hydrogen) atoms. The maximum atomic E-state index is 11.9. The standard InChI is InChI=1S/C21H17NO/c1-2-20(23)22-19-13-7-12-18-16-9-4-3-8-14(16)15-10-5-6-11-17(15)21(18)19/h3-13H,2H2,1H3,(H,22,23). The molecular formula is C21H17NO. The highest BCUT2D eigenvalue weighted by Crippen LogP contribution is 2.38. The second-order valence-corrected chi connectivity index (χ2v) is 5.72. The summed E-state index contributed by atoms with van der Waals surface area (Å²) in [5, 5.41) is 10.2. The Labute approximate surface area is 134 Å². The third-order valence-corrected chi connectivity index (χ3v) is 4.36. The summed E-state index contributed by atoms with van der Waals surface area (Å²) in [4.78, 5) is 11.9. The van der Waals surface area contributed by atoms with Crippen LogP contribution in [0.2, 0.25) is 0 Å². The number of carbonyl (C=O) groups excluding carboxylic acids is 1. The van der Waals surface area contributed by atoms with Crippen molar-refractivity contribution in [3.05, 3.63) is 66.7 Å². The van der Waals surface area contributed by atoms with Crippen LogP contribution in [0.4, 0.5) is 5.69 Å². The first-order valence-electron chi connectivity index (χ1n) is 7.91. The third kappa shape index (κ3) is 2.15. The van der Waals surface area contributed by atoms with Gasteiger partial charge in [0.1, 0.15) is 0 Å². The second-order valence-electron chi connectivity index (χ2n) is 5.72. The fraction of sp³-hybridized carbons (Fsp3) is 0.0952. The van der Waals surface area contributed by atoms with Crippen molar-refractivity contribution in [1.29, 1.82) is 0 Å². The Balaban J connectivity index is 2.21. The van der Waals surface area contributed by atoms with Crippen molar-refractivity contribution in [2.24, 2.45) is 0 Å². The molecule has 0 spiro atoms. The lowest BCUT2D eigenvalue weighted by Crippen LogP contribution is -2.09. The van der Waals surface area contributed by atoms with Gasteiger partial charge in [-0.2, -0.15) is 0 Å². The number of nitrogens with one attached hydrogen (secondary N) is 1. The summed E-state index contributed by atoms with van der Waals surface area (Å²) < 4.78 is 0. The fourth-order valence-corrected chi connectivity index (χ4v) is 3.30. The Morgan fingerprint density at radius 1 is 0.739 bits per heavy atom. The average molecular weight is 299 g/mol. The van der Waals surface area contributed by atoms with Gasteiger partial charge in [0.25, 0.3) is 0 Å². The maximum absolute atomic E-state index is 11.9. The molecule has 1 amide bonds. The molecule has 2 nitrogen and oxygen atoms in total. The van der Waals surface area contributed by atoms with Crippen LogP contribution in [0.3, 0.4) is 0 Å². The molecule has 4 aromatic rings. The molecule has 2 heteroatoms. The minimum Gasteiger partial charge on any atom is -0.326 e. The lowest BCUT2D eigenvalue weighted by atomic mass is 9.93. The van der Waals surface area contributed by atoms with E-state index in [4.69, 9.17) is 0 Å². The van der Waals surface area contributed by atoms with E-state index in [0.29, 0.717) is 6.42 Å². The van der Waals surface area contributed by atoms with Crippen molar-refractivity contribution >= 4 is 43.9 Å². The number of rotatable bonds is 2. The molecule has 0 bridgehead atoms. The Hall–Kier alpha value is -2.87. The van der Waals surface area contributed by atoms with E-state index in [0.717, 1.165) is 11.1 Å². The molecule has 0 aliphatic carbocycles. The van der Waals surface area contributed by atoms with Gasteiger partial charge in [-0.3, -0.25) is 4.79 Å². The lowest BCUT2D eigenvalue weighted by molar-refractivity contribution is -0.115. The van der Waals surface area contributed by atoms with Crippen LogP contribution in [-0.4, -0.2) is 5.91 Å². The summed E-state index contributed by atoms with van der Waals surface area (Å²) >= 11 is 0. The van der Waals surface area contributed by atoms with Crippen LogP contribution in [0.5, 0.6) is 0 Å². The number of amides is 1. The first kappa shape index (κ1) is 13.8. The molecule has 0 saturated carbocycles. The van der Waals surface area contributed by atoms with E-state index < -0.39 is 0 Å². The minimum absolute atomic E-state index is 0.0368. The Morgan fingerprint density at radius 2 is 1.22 bits per heavy atom. The molecule has 0 aliphatic heterocycles. The Morgan fingerprint density at radius 3 is 1.78 bits per heavy atom. The molecule has 0 atom stereocenters. The number of hydrogen-bond donors (Lipinski definition) is 1. The summed E-state index contributed by atoms with van der Waals surface area (Å²) in [5.74, 6) is 0.0368. The van der Waals surface area contributed by atoms with Crippen LogP contribution in [0.25, 0.3) is 32.3 Å². The van der Waals surface area contributed by atoms with E-state index in [1.54, 1.807) is 0 Å². The first-order chi connectivity index (χ1) is 11.3.